The summed E-state index contributed by atoms with van der Waals surface area (Å²) in [5.41, 5.74) is -0.814. The average Bonchev–Trinajstić information content (AvgIpc) is 3.45. The number of nitrogens with zero attached hydrogens (tertiary/aromatic N) is 6. The third kappa shape index (κ3) is 9.32. The first-order chi connectivity index (χ1) is 17.5. The fourth-order valence-electron chi connectivity index (χ4n) is 2.69. The molecule has 2 heterocycles. The second-order valence-electron chi connectivity index (χ2n) is 6.93. The van der Waals surface area contributed by atoms with Gasteiger partial charge in [-0.05, 0) is 26.0 Å². The highest BCUT2D eigenvalue weighted by Gasteiger charge is 2.47. The lowest BCUT2D eigenvalue weighted by Gasteiger charge is -2.18. The summed E-state index contributed by atoms with van der Waals surface area (Å²) >= 11 is 0. The molecule has 0 saturated carbocycles. The molecule has 212 valence electrons. The molecule has 2 unspecified atom stereocenters. The van der Waals surface area contributed by atoms with Gasteiger partial charge >= 0.3 is 24.3 Å². The molecular weight excluding hydrogens is 542 g/mol. The summed E-state index contributed by atoms with van der Waals surface area (Å²) in [5.74, 6) is -1.90. The average molecular weight is 562 g/mol. The van der Waals surface area contributed by atoms with Gasteiger partial charge in [0.05, 0.1) is 13.2 Å². The number of carbonyl (C=O) groups is 2. The van der Waals surface area contributed by atoms with Crippen molar-refractivity contribution >= 4 is 11.9 Å². The van der Waals surface area contributed by atoms with Gasteiger partial charge in [0.2, 0.25) is 25.2 Å². The smallest absolute Gasteiger partial charge is 0.417 e. The van der Waals surface area contributed by atoms with Crippen molar-refractivity contribution in [2.24, 2.45) is 0 Å². The molecule has 2 aromatic rings. The van der Waals surface area contributed by atoms with Gasteiger partial charge in [0, 0.05) is 22.2 Å². The van der Waals surface area contributed by atoms with Crippen LogP contribution in [0.2, 0.25) is 0 Å². The van der Waals surface area contributed by atoms with Gasteiger partial charge in [-0.3, -0.25) is 24.9 Å². The molecule has 14 nitrogen and oxygen atoms in total. The molecule has 0 fully saturated rings. The molecule has 2 rings (SSSR count). The molecule has 0 spiro atoms. The predicted molar refractivity (Wildman–Crippen MR) is 110 cm³/mol. The lowest BCUT2D eigenvalue weighted by atomic mass is 10.2. The summed E-state index contributed by atoms with van der Waals surface area (Å²) in [6.07, 6.45) is -7.94. The van der Waals surface area contributed by atoms with Gasteiger partial charge in [-0.1, -0.05) is 0 Å². The van der Waals surface area contributed by atoms with Crippen LogP contribution in [0, 0.1) is 20.2 Å². The molecule has 0 amide bonds. The van der Waals surface area contributed by atoms with E-state index in [0.717, 1.165) is 24.5 Å². The van der Waals surface area contributed by atoms with Gasteiger partial charge in [-0.2, -0.15) is 36.5 Å². The second-order valence-corrected chi connectivity index (χ2v) is 6.93. The summed E-state index contributed by atoms with van der Waals surface area (Å²) in [6, 6.07) is -2.92. The molecule has 2 aromatic heterocycles. The minimum Gasteiger partial charge on any atom is -0.461 e. The maximum Gasteiger partial charge on any atom is 0.417 e. The van der Waals surface area contributed by atoms with Crippen molar-refractivity contribution in [1.82, 2.24) is 19.6 Å². The number of hydrogen-bond donors (Lipinski definition) is 0. The van der Waals surface area contributed by atoms with Gasteiger partial charge in [-0.15, -0.1) is 0 Å². The Bertz CT molecular complexity index is 1120. The summed E-state index contributed by atoms with van der Waals surface area (Å²) < 4.78 is 85.9. The van der Waals surface area contributed by atoms with Gasteiger partial charge < -0.3 is 9.47 Å². The number of esters is 2. The van der Waals surface area contributed by atoms with E-state index in [1.807, 2.05) is 0 Å². The van der Waals surface area contributed by atoms with Crippen molar-refractivity contribution in [3.63, 3.8) is 0 Å². The van der Waals surface area contributed by atoms with Crippen LogP contribution in [-0.4, -0.2) is 80.0 Å². The van der Waals surface area contributed by atoms with Crippen LogP contribution in [0.3, 0.4) is 0 Å². The molecule has 2 atom stereocenters. The minimum absolute atomic E-state index is 0.0318. The van der Waals surface area contributed by atoms with E-state index in [1.165, 1.54) is 13.8 Å². The fourth-order valence-corrected chi connectivity index (χ4v) is 2.69. The highest BCUT2D eigenvalue weighted by molar-refractivity contribution is 5.87. The van der Waals surface area contributed by atoms with E-state index in [-0.39, 0.29) is 23.6 Å². The quantitative estimate of drug-likeness (QED) is 0.181. The van der Waals surface area contributed by atoms with Crippen LogP contribution in [0.4, 0.5) is 26.3 Å². The van der Waals surface area contributed by atoms with E-state index in [0.29, 0.717) is 4.68 Å². The van der Waals surface area contributed by atoms with Gasteiger partial charge in [0.15, 0.2) is 5.69 Å². The lowest BCUT2D eigenvalue weighted by Crippen LogP contribution is -2.35. The third-order valence-corrected chi connectivity index (χ3v) is 4.26. The summed E-state index contributed by atoms with van der Waals surface area (Å²) in [7, 11) is 0. The maximum absolute atomic E-state index is 12.8. The Balaban J connectivity index is 0.000000380. The molecule has 0 aliphatic carbocycles. The Morgan fingerprint density at radius 1 is 0.921 bits per heavy atom. The number of hydrogen-bond acceptors (Lipinski definition) is 10. The molecular formula is C18H20F6N6O8. The largest absolute Gasteiger partial charge is 0.461 e. The number of rotatable bonds is 10. The van der Waals surface area contributed by atoms with E-state index in [1.54, 1.807) is 0 Å². The van der Waals surface area contributed by atoms with Crippen LogP contribution in [0.1, 0.15) is 46.9 Å². The van der Waals surface area contributed by atoms with Gasteiger partial charge in [0.25, 0.3) is 0 Å². The second kappa shape index (κ2) is 13.3. The van der Waals surface area contributed by atoms with Crippen LogP contribution in [0.5, 0.6) is 0 Å². The van der Waals surface area contributed by atoms with Crippen molar-refractivity contribution < 1.29 is 55.3 Å². The predicted octanol–water partition coefficient (Wildman–Crippen LogP) is 2.88. The van der Waals surface area contributed by atoms with Crippen molar-refractivity contribution in [2.75, 3.05) is 26.3 Å². The Labute approximate surface area is 208 Å². The zero-order chi connectivity index (χ0) is 29.3. The van der Waals surface area contributed by atoms with E-state index < -0.39 is 65.0 Å². The molecule has 0 aromatic carbocycles. The van der Waals surface area contributed by atoms with Crippen molar-refractivity contribution in [2.45, 2.75) is 38.3 Å². The minimum atomic E-state index is -4.90. The Morgan fingerprint density at radius 2 is 1.42 bits per heavy atom. The first-order valence-electron chi connectivity index (χ1n) is 10.3. The molecule has 0 N–H and O–H groups in total. The Kier molecular flexibility index (Phi) is 11.1. The number of nitro groups is 2. The van der Waals surface area contributed by atoms with E-state index in [9.17, 15) is 56.2 Å². The first kappa shape index (κ1) is 31.8. The van der Waals surface area contributed by atoms with Crippen molar-refractivity contribution in [3.05, 3.63) is 56.1 Å². The molecule has 0 saturated heterocycles. The molecule has 0 bridgehead atoms. The SMILES string of the molecule is CCOC(=O)c1ccn(C(C[N+](=O)[O-])C(F)(F)F)n1.CCOC(=O)c1ccnn1C(C[N+](=O)[O-])C(F)(F)F. The van der Waals surface area contributed by atoms with Crippen LogP contribution in [0.25, 0.3) is 0 Å². The van der Waals surface area contributed by atoms with Crippen LogP contribution in [0.15, 0.2) is 24.5 Å². The zero-order valence-electron chi connectivity index (χ0n) is 19.5. The number of alkyl halides is 6. The third-order valence-electron chi connectivity index (χ3n) is 4.26. The topological polar surface area (TPSA) is 175 Å². The number of halogens is 6. The highest BCUT2D eigenvalue weighted by Crippen LogP contribution is 2.32. The van der Waals surface area contributed by atoms with Gasteiger partial charge in [-0.25, -0.2) is 14.3 Å². The fraction of sp³-hybridized carbons (Fsp3) is 0.556. The van der Waals surface area contributed by atoms with E-state index in [4.69, 9.17) is 0 Å². The summed E-state index contributed by atoms with van der Waals surface area (Å²) in [5, 5.41) is 27.2. The normalized spacial score (nSPS) is 13.1. The van der Waals surface area contributed by atoms with E-state index >= 15 is 0 Å². The van der Waals surface area contributed by atoms with Crippen LogP contribution < -0.4 is 0 Å². The Morgan fingerprint density at radius 3 is 1.89 bits per heavy atom. The van der Waals surface area contributed by atoms with Crippen LogP contribution >= 0.6 is 0 Å². The molecule has 0 aliphatic heterocycles. The molecule has 20 heteroatoms. The van der Waals surface area contributed by atoms with Gasteiger partial charge in [0.1, 0.15) is 5.69 Å². The first-order valence-corrected chi connectivity index (χ1v) is 10.3. The zero-order valence-corrected chi connectivity index (χ0v) is 19.5. The van der Waals surface area contributed by atoms with Crippen LogP contribution in [-0.2, 0) is 9.47 Å². The summed E-state index contributed by atoms with van der Waals surface area (Å²) in [4.78, 5) is 41.0. The monoisotopic (exact) mass is 562 g/mol. The molecule has 38 heavy (non-hydrogen) atoms. The van der Waals surface area contributed by atoms with E-state index in [2.05, 4.69) is 19.7 Å². The molecule has 0 radical (unpaired) electrons. The standard InChI is InChI=1S/2C9H10F3N3O4/c1-2-19-8(16)6-3-4-14(13-6)7(5-15(17)18)9(10,11)12;1-2-19-8(16)6-3-4-13-15(6)7(5-14(17)18)9(10,11)12/h2*3-4,7H,2,5H2,1H3. The number of ether oxygens (including phenoxy) is 2. The highest BCUT2D eigenvalue weighted by atomic mass is 19.4. The molecule has 0 aliphatic rings. The number of aromatic nitrogens is 4. The van der Waals surface area contributed by atoms with Crippen molar-refractivity contribution in [1.29, 1.82) is 0 Å². The summed E-state index contributed by atoms with van der Waals surface area (Å²) in [6.45, 7) is 0.237. The Hall–Kier alpha value is -4.26. The van der Waals surface area contributed by atoms with Crippen molar-refractivity contribution in [3.8, 4) is 0 Å². The lowest BCUT2D eigenvalue weighted by molar-refractivity contribution is -0.495. The number of carbonyl (C=O) groups excluding carboxylic acids is 2. The maximum atomic E-state index is 12.8.